The first-order valence-corrected chi connectivity index (χ1v) is 6.17. The number of hydrogen-bond donors (Lipinski definition) is 2. The van der Waals surface area contributed by atoms with Gasteiger partial charge in [-0.3, -0.25) is 9.48 Å². The lowest BCUT2D eigenvalue weighted by Crippen LogP contribution is -2.26. The van der Waals surface area contributed by atoms with Crippen LogP contribution in [-0.2, 0) is 13.1 Å². The average molecular weight is 251 g/mol. The first kappa shape index (κ1) is 11.8. The van der Waals surface area contributed by atoms with E-state index in [-0.39, 0.29) is 12.5 Å². The maximum absolute atomic E-state index is 11.8. The van der Waals surface area contributed by atoms with Gasteiger partial charge in [-0.25, -0.2) is 0 Å². The van der Waals surface area contributed by atoms with Crippen molar-refractivity contribution in [1.82, 2.24) is 15.1 Å². The van der Waals surface area contributed by atoms with E-state index in [1.54, 1.807) is 23.6 Å². The lowest BCUT2D eigenvalue weighted by atomic mass is 10.3. The second-order valence-electron chi connectivity index (χ2n) is 3.48. The van der Waals surface area contributed by atoms with Gasteiger partial charge in [0.1, 0.15) is 5.69 Å². The van der Waals surface area contributed by atoms with E-state index in [9.17, 15) is 4.79 Å². The van der Waals surface area contributed by atoms with Crippen LogP contribution in [0.3, 0.4) is 0 Å². The van der Waals surface area contributed by atoms with Gasteiger partial charge in [-0.15, -0.1) is 0 Å². The molecule has 0 radical (unpaired) electrons. The molecule has 2 N–H and O–H groups in total. The Labute approximate surface area is 103 Å². The van der Waals surface area contributed by atoms with Gasteiger partial charge in [-0.2, -0.15) is 16.4 Å². The van der Waals surface area contributed by atoms with Crippen LogP contribution in [0, 0.1) is 0 Å². The zero-order valence-electron chi connectivity index (χ0n) is 9.17. The van der Waals surface area contributed by atoms with Gasteiger partial charge in [0.05, 0.1) is 13.2 Å². The van der Waals surface area contributed by atoms with Crippen molar-refractivity contribution in [2.24, 2.45) is 0 Å². The maximum Gasteiger partial charge on any atom is 0.269 e. The molecule has 0 atom stereocenters. The Bertz CT molecular complexity index is 479. The maximum atomic E-state index is 11.8. The van der Waals surface area contributed by atoms with Crippen LogP contribution in [0.5, 0.6) is 0 Å². The van der Waals surface area contributed by atoms with Crippen molar-refractivity contribution in [3.63, 3.8) is 0 Å². The summed E-state index contributed by atoms with van der Waals surface area (Å²) in [5.41, 5.74) is 1.55. The van der Waals surface area contributed by atoms with Crippen LogP contribution < -0.4 is 5.32 Å². The topological polar surface area (TPSA) is 67.2 Å². The lowest BCUT2D eigenvalue weighted by Gasteiger charge is -2.06. The number of nitrogens with zero attached hydrogens (tertiary/aromatic N) is 2. The number of aliphatic hydroxyl groups is 1. The van der Waals surface area contributed by atoms with Crippen molar-refractivity contribution in [3.05, 3.63) is 40.3 Å². The SMILES string of the molecule is O=C(NCc1ccsc1)c1ccnn1CCO. The van der Waals surface area contributed by atoms with Crippen molar-refractivity contribution in [3.8, 4) is 0 Å². The number of carbonyl (C=O) groups is 1. The molecule has 0 fully saturated rings. The molecule has 17 heavy (non-hydrogen) atoms. The number of amides is 1. The molecule has 0 saturated carbocycles. The first-order valence-electron chi connectivity index (χ1n) is 5.23. The molecule has 0 unspecified atom stereocenters. The number of rotatable bonds is 5. The number of carbonyl (C=O) groups excluding carboxylic acids is 1. The quantitative estimate of drug-likeness (QED) is 0.828. The number of aliphatic hydroxyl groups excluding tert-OH is 1. The zero-order chi connectivity index (χ0) is 12.1. The minimum atomic E-state index is -0.179. The Morgan fingerprint density at radius 2 is 2.41 bits per heavy atom. The van der Waals surface area contributed by atoms with Gasteiger partial charge in [-0.05, 0) is 28.5 Å². The number of hydrogen-bond acceptors (Lipinski definition) is 4. The molecule has 0 bridgehead atoms. The van der Waals surface area contributed by atoms with Crippen LogP contribution in [0.4, 0.5) is 0 Å². The van der Waals surface area contributed by atoms with E-state index in [1.807, 2.05) is 16.8 Å². The van der Waals surface area contributed by atoms with Crippen molar-refractivity contribution in [2.45, 2.75) is 13.1 Å². The molecule has 0 aliphatic heterocycles. The molecule has 5 nitrogen and oxygen atoms in total. The van der Waals surface area contributed by atoms with E-state index in [1.165, 1.54) is 4.68 Å². The molecular formula is C11H13N3O2S. The molecule has 0 aromatic carbocycles. The number of aromatic nitrogens is 2. The van der Waals surface area contributed by atoms with Gasteiger partial charge in [0.25, 0.3) is 5.91 Å². The van der Waals surface area contributed by atoms with E-state index in [4.69, 9.17) is 5.11 Å². The van der Waals surface area contributed by atoms with Crippen LogP contribution in [0.25, 0.3) is 0 Å². The summed E-state index contributed by atoms with van der Waals surface area (Å²) in [7, 11) is 0. The molecule has 0 aliphatic rings. The Hall–Kier alpha value is -1.66. The van der Waals surface area contributed by atoms with E-state index < -0.39 is 0 Å². The van der Waals surface area contributed by atoms with E-state index in [2.05, 4.69) is 10.4 Å². The molecule has 2 aromatic heterocycles. The molecule has 0 aliphatic carbocycles. The Balaban J connectivity index is 1.97. The Kier molecular flexibility index (Phi) is 3.89. The van der Waals surface area contributed by atoms with Crippen LogP contribution in [0.1, 0.15) is 16.1 Å². The monoisotopic (exact) mass is 251 g/mol. The normalized spacial score (nSPS) is 10.4. The van der Waals surface area contributed by atoms with Gasteiger partial charge in [-0.1, -0.05) is 0 Å². The second-order valence-corrected chi connectivity index (χ2v) is 4.26. The van der Waals surface area contributed by atoms with Crippen molar-refractivity contribution in [2.75, 3.05) is 6.61 Å². The molecule has 0 saturated heterocycles. The third-order valence-electron chi connectivity index (χ3n) is 2.29. The summed E-state index contributed by atoms with van der Waals surface area (Å²) in [6, 6.07) is 3.61. The third kappa shape index (κ3) is 2.92. The lowest BCUT2D eigenvalue weighted by molar-refractivity contribution is 0.0938. The highest BCUT2D eigenvalue weighted by Crippen LogP contribution is 2.06. The van der Waals surface area contributed by atoms with Crippen LogP contribution in [-0.4, -0.2) is 27.4 Å². The molecular weight excluding hydrogens is 238 g/mol. The Morgan fingerprint density at radius 3 is 3.12 bits per heavy atom. The fourth-order valence-corrected chi connectivity index (χ4v) is 2.13. The van der Waals surface area contributed by atoms with Crippen molar-refractivity contribution >= 4 is 17.2 Å². The fourth-order valence-electron chi connectivity index (χ4n) is 1.46. The molecule has 6 heteroatoms. The summed E-state index contributed by atoms with van der Waals surface area (Å²) in [5.74, 6) is -0.179. The summed E-state index contributed by atoms with van der Waals surface area (Å²) < 4.78 is 1.49. The van der Waals surface area contributed by atoms with E-state index in [0.717, 1.165) is 5.56 Å². The molecule has 2 heterocycles. The fraction of sp³-hybridized carbons (Fsp3) is 0.273. The predicted molar refractivity (Wildman–Crippen MR) is 64.8 cm³/mol. The number of nitrogens with one attached hydrogen (secondary N) is 1. The van der Waals surface area contributed by atoms with E-state index >= 15 is 0 Å². The summed E-state index contributed by atoms with van der Waals surface area (Å²) >= 11 is 1.60. The Morgan fingerprint density at radius 1 is 1.53 bits per heavy atom. The van der Waals surface area contributed by atoms with Crippen molar-refractivity contribution < 1.29 is 9.90 Å². The van der Waals surface area contributed by atoms with Crippen molar-refractivity contribution in [1.29, 1.82) is 0 Å². The highest BCUT2D eigenvalue weighted by atomic mass is 32.1. The minimum Gasteiger partial charge on any atom is -0.394 e. The molecule has 1 amide bonds. The second kappa shape index (κ2) is 5.60. The molecule has 0 spiro atoms. The van der Waals surface area contributed by atoms with Gasteiger partial charge in [0.2, 0.25) is 0 Å². The highest BCUT2D eigenvalue weighted by Gasteiger charge is 2.11. The smallest absolute Gasteiger partial charge is 0.269 e. The summed E-state index contributed by atoms with van der Waals surface area (Å²) in [5, 5.41) is 19.6. The molecule has 90 valence electrons. The average Bonchev–Trinajstić information content (AvgIpc) is 2.97. The zero-order valence-corrected chi connectivity index (χ0v) is 9.98. The van der Waals surface area contributed by atoms with Crippen LogP contribution >= 0.6 is 11.3 Å². The number of thiophene rings is 1. The predicted octanol–water partition coefficient (Wildman–Crippen LogP) is 0.867. The highest BCUT2D eigenvalue weighted by molar-refractivity contribution is 7.07. The third-order valence-corrected chi connectivity index (χ3v) is 3.03. The summed E-state index contributed by atoms with van der Waals surface area (Å²) in [6.07, 6.45) is 1.55. The van der Waals surface area contributed by atoms with Gasteiger partial charge in [0.15, 0.2) is 0 Å². The summed E-state index contributed by atoms with van der Waals surface area (Å²) in [4.78, 5) is 11.8. The van der Waals surface area contributed by atoms with Gasteiger partial charge < -0.3 is 10.4 Å². The van der Waals surface area contributed by atoms with Gasteiger partial charge in [0, 0.05) is 12.7 Å². The molecule has 2 aromatic rings. The van der Waals surface area contributed by atoms with Gasteiger partial charge >= 0.3 is 0 Å². The van der Waals surface area contributed by atoms with E-state index in [0.29, 0.717) is 18.8 Å². The van der Waals surface area contributed by atoms with Crippen LogP contribution in [0.15, 0.2) is 29.1 Å². The molecule has 2 rings (SSSR count). The minimum absolute atomic E-state index is 0.0352. The standard InChI is InChI=1S/C11H13N3O2S/c15-5-4-14-10(1-3-13-14)11(16)12-7-9-2-6-17-8-9/h1-3,6,8,15H,4-5,7H2,(H,12,16). The van der Waals surface area contributed by atoms with Crippen LogP contribution in [0.2, 0.25) is 0 Å². The first-order chi connectivity index (χ1) is 8.31. The summed E-state index contributed by atoms with van der Waals surface area (Å²) in [6.45, 7) is 0.799. The largest absolute Gasteiger partial charge is 0.394 e.